The van der Waals surface area contributed by atoms with Gasteiger partial charge in [-0.05, 0) is 61.8 Å². The summed E-state index contributed by atoms with van der Waals surface area (Å²) >= 11 is 0. The number of rotatable bonds is 4. The number of hydroxylamine groups is 4. The SMILES string of the molecule is CCCON1C(C)(C)CC2(CC1(C)C)NC(=O)C1(CC(C)(C)N(OC)C(C)(C)C1)O2. The van der Waals surface area contributed by atoms with Crippen molar-refractivity contribution in [3.63, 3.8) is 0 Å². The van der Waals surface area contributed by atoms with E-state index in [1.807, 2.05) is 5.06 Å². The Labute approximate surface area is 182 Å². The van der Waals surface area contributed by atoms with Gasteiger partial charge in [-0.3, -0.25) is 9.63 Å². The fraction of sp³-hybridized carbons (Fsp3) is 0.957. The fourth-order valence-corrected chi connectivity index (χ4v) is 7.03. The maximum atomic E-state index is 13.5. The van der Waals surface area contributed by atoms with Gasteiger partial charge in [-0.15, -0.1) is 0 Å². The molecule has 3 rings (SSSR count). The summed E-state index contributed by atoms with van der Waals surface area (Å²) in [6.45, 7) is 20.0. The Bertz CT molecular complexity index is 650. The van der Waals surface area contributed by atoms with Gasteiger partial charge in [0.15, 0.2) is 5.60 Å². The van der Waals surface area contributed by atoms with Crippen LogP contribution in [0, 0.1) is 0 Å². The summed E-state index contributed by atoms with van der Waals surface area (Å²) < 4.78 is 6.89. The highest BCUT2D eigenvalue weighted by molar-refractivity contribution is 5.88. The van der Waals surface area contributed by atoms with Crippen molar-refractivity contribution in [1.29, 1.82) is 0 Å². The van der Waals surface area contributed by atoms with E-state index in [2.05, 4.69) is 72.7 Å². The molecule has 1 amide bonds. The number of amides is 1. The van der Waals surface area contributed by atoms with Crippen LogP contribution >= 0.6 is 0 Å². The van der Waals surface area contributed by atoms with Crippen molar-refractivity contribution in [3.8, 4) is 0 Å². The number of nitrogens with zero attached hydrogens (tertiary/aromatic N) is 2. The van der Waals surface area contributed by atoms with E-state index in [-0.39, 0.29) is 28.1 Å². The molecule has 3 aliphatic heterocycles. The van der Waals surface area contributed by atoms with Crippen molar-refractivity contribution in [1.82, 2.24) is 15.4 Å². The van der Waals surface area contributed by atoms with E-state index >= 15 is 0 Å². The monoisotopic (exact) mass is 425 g/mol. The van der Waals surface area contributed by atoms with Crippen molar-refractivity contribution < 1.29 is 19.2 Å². The molecule has 3 aliphatic rings. The molecule has 0 aliphatic carbocycles. The first kappa shape index (κ1) is 23.9. The summed E-state index contributed by atoms with van der Waals surface area (Å²) in [5, 5.41) is 7.46. The Kier molecular flexibility index (Phi) is 5.69. The van der Waals surface area contributed by atoms with Gasteiger partial charge in [-0.1, -0.05) is 6.92 Å². The highest BCUT2D eigenvalue weighted by atomic mass is 16.7. The lowest BCUT2D eigenvalue weighted by Gasteiger charge is -2.58. The van der Waals surface area contributed by atoms with Crippen molar-refractivity contribution in [2.24, 2.45) is 0 Å². The Balaban J connectivity index is 1.93. The lowest BCUT2D eigenvalue weighted by Crippen LogP contribution is -2.68. The van der Waals surface area contributed by atoms with E-state index in [4.69, 9.17) is 14.4 Å². The maximum Gasteiger partial charge on any atom is 0.254 e. The third-order valence-corrected chi connectivity index (χ3v) is 6.82. The van der Waals surface area contributed by atoms with Gasteiger partial charge in [0, 0.05) is 47.8 Å². The molecule has 0 radical (unpaired) electrons. The Morgan fingerprint density at radius 1 is 0.867 bits per heavy atom. The minimum absolute atomic E-state index is 0.00827. The van der Waals surface area contributed by atoms with E-state index in [1.54, 1.807) is 7.11 Å². The van der Waals surface area contributed by atoms with E-state index in [9.17, 15) is 4.79 Å². The van der Waals surface area contributed by atoms with Crippen molar-refractivity contribution in [3.05, 3.63) is 0 Å². The Hall–Kier alpha value is -0.730. The molecular formula is C23H43N3O4. The van der Waals surface area contributed by atoms with Crippen molar-refractivity contribution in [2.45, 2.75) is 128 Å². The van der Waals surface area contributed by atoms with Crippen molar-refractivity contribution in [2.75, 3.05) is 13.7 Å². The molecule has 1 N–H and O–H groups in total. The first-order valence-electron chi connectivity index (χ1n) is 11.4. The number of hydrogen-bond acceptors (Lipinski definition) is 6. The average molecular weight is 426 g/mol. The molecule has 0 aromatic carbocycles. The fourth-order valence-electron chi connectivity index (χ4n) is 7.03. The minimum atomic E-state index is -0.860. The topological polar surface area (TPSA) is 63.3 Å². The van der Waals surface area contributed by atoms with E-state index in [1.165, 1.54) is 0 Å². The first-order valence-corrected chi connectivity index (χ1v) is 11.4. The largest absolute Gasteiger partial charge is 0.339 e. The molecule has 174 valence electrons. The van der Waals surface area contributed by atoms with Gasteiger partial charge in [0.1, 0.15) is 5.72 Å². The average Bonchev–Trinajstić information content (AvgIpc) is 2.72. The van der Waals surface area contributed by atoms with Crippen molar-refractivity contribution >= 4 is 5.91 Å². The minimum Gasteiger partial charge on any atom is -0.339 e. The molecule has 7 nitrogen and oxygen atoms in total. The molecule has 0 aromatic rings. The van der Waals surface area contributed by atoms with E-state index in [0.29, 0.717) is 32.3 Å². The summed E-state index contributed by atoms with van der Waals surface area (Å²) in [4.78, 5) is 25.4. The highest BCUT2D eigenvalue weighted by Crippen LogP contribution is 2.54. The third kappa shape index (κ3) is 3.81. The number of ether oxygens (including phenoxy) is 1. The molecule has 0 saturated carbocycles. The maximum absolute atomic E-state index is 13.5. The summed E-state index contributed by atoms with van der Waals surface area (Å²) in [6.07, 6.45) is 3.48. The first-order chi connectivity index (χ1) is 13.5. The molecule has 2 spiro atoms. The van der Waals surface area contributed by atoms with Gasteiger partial charge in [-0.2, -0.15) is 10.1 Å². The van der Waals surface area contributed by atoms with Crippen LogP contribution in [0.4, 0.5) is 0 Å². The second-order valence-corrected chi connectivity index (χ2v) is 12.1. The van der Waals surface area contributed by atoms with Gasteiger partial charge in [0.25, 0.3) is 5.91 Å². The van der Waals surface area contributed by atoms with Crippen LogP contribution in [0.1, 0.15) is 94.4 Å². The van der Waals surface area contributed by atoms with E-state index in [0.717, 1.165) is 6.42 Å². The number of piperidine rings is 2. The van der Waals surface area contributed by atoms with Gasteiger partial charge in [0.2, 0.25) is 0 Å². The lowest BCUT2D eigenvalue weighted by molar-refractivity contribution is -0.328. The summed E-state index contributed by atoms with van der Waals surface area (Å²) in [6, 6.07) is 0. The van der Waals surface area contributed by atoms with Crippen LogP contribution in [0.2, 0.25) is 0 Å². The second-order valence-electron chi connectivity index (χ2n) is 12.1. The summed E-state index contributed by atoms with van der Waals surface area (Å²) in [7, 11) is 1.70. The quantitative estimate of drug-likeness (QED) is 0.740. The van der Waals surface area contributed by atoms with Crippen LogP contribution in [0.3, 0.4) is 0 Å². The molecule has 0 bridgehead atoms. The van der Waals surface area contributed by atoms with E-state index < -0.39 is 11.3 Å². The zero-order valence-corrected chi connectivity index (χ0v) is 20.8. The summed E-state index contributed by atoms with van der Waals surface area (Å²) in [5.74, 6) is 0.00827. The number of hydrogen-bond donors (Lipinski definition) is 1. The molecule has 30 heavy (non-hydrogen) atoms. The number of carbonyl (C=O) groups excluding carboxylic acids is 1. The van der Waals surface area contributed by atoms with Crippen LogP contribution in [0.15, 0.2) is 0 Å². The van der Waals surface area contributed by atoms with Crippen LogP contribution < -0.4 is 5.32 Å². The zero-order valence-electron chi connectivity index (χ0n) is 20.8. The molecule has 7 heteroatoms. The molecule has 3 saturated heterocycles. The number of nitrogens with one attached hydrogen (secondary N) is 1. The van der Waals surface area contributed by atoms with Crippen LogP contribution in [-0.2, 0) is 19.2 Å². The molecule has 3 heterocycles. The molecule has 0 aromatic heterocycles. The van der Waals surface area contributed by atoms with Crippen LogP contribution in [0.5, 0.6) is 0 Å². The molecule has 0 unspecified atom stereocenters. The number of carbonyl (C=O) groups is 1. The molecule has 3 fully saturated rings. The predicted octanol–water partition coefficient (Wildman–Crippen LogP) is 3.78. The Morgan fingerprint density at radius 3 is 1.77 bits per heavy atom. The van der Waals surface area contributed by atoms with Crippen LogP contribution in [0.25, 0.3) is 0 Å². The van der Waals surface area contributed by atoms with Gasteiger partial charge in [-0.25, -0.2) is 0 Å². The normalized spacial score (nSPS) is 31.2. The van der Waals surface area contributed by atoms with Crippen LogP contribution in [-0.4, -0.2) is 63.2 Å². The second kappa shape index (κ2) is 7.14. The van der Waals surface area contributed by atoms with Gasteiger partial charge >= 0.3 is 0 Å². The standard InChI is InChI=1S/C23H43N3O4/c1-11-12-29-26-20(6,7)15-23(16-21(26,8)9)24-17(27)22(30-23)13-18(2,3)25(28-10)19(4,5)14-22/h11-16H2,1-10H3,(H,24,27). The predicted molar refractivity (Wildman–Crippen MR) is 116 cm³/mol. The highest BCUT2D eigenvalue weighted by Gasteiger charge is 2.67. The lowest BCUT2D eigenvalue weighted by atomic mass is 9.72. The smallest absolute Gasteiger partial charge is 0.254 e. The van der Waals surface area contributed by atoms with Gasteiger partial charge < -0.3 is 14.9 Å². The summed E-state index contributed by atoms with van der Waals surface area (Å²) in [5.41, 5.74) is -2.80. The molecule has 0 atom stereocenters. The third-order valence-electron chi connectivity index (χ3n) is 6.82. The Morgan fingerprint density at radius 2 is 1.33 bits per heavy atom. The van der Waals surface area contributed by atoms with Gasteiger partial charge in [0.05, 0.1) is 13.7 Å². The molecular weight excluding hydrogens is 382 g/mol. The zero-order chi connectivity index (χ0) is 22.8.